The van der Waals surface area contributed by atoms with Gasteiger partial charge in [0.15, 0.2) is 11.6 Å². The van der Waals surface area contributed by atoms with Crippen molar-refractivity contribution in [2.24, 2.45) is 11.8 Å². The lowest BCUT2D eigenvalue weighted by molar-refractivity contribution is 0.218. The predicted molar refractivity (Wildman–Crippen MR) is 68.6 cm³/mol. The van der Waals surface area contributed by atoms with Crippen LogP contribution in [0.5, 0.6) is 0 Å². The average Bonchev–Trinajstić information content (AvgIpc) is 3.06. The van der Waals surface area contributed by atoms with Crippen LogP contribution in [-0.2, 0) is 6.54 Å². The van der Waals surface area contributed by atoms with Crippen molar-refractivity contribution in [1.82, 2.24) is 10.2 Å². The molecule has 1 N–H and O–H groups in total. The minimum atomic E-state index is -0.755. The Kier molecular flexibility index (Phi) is 2.64. The van der Waals surface area contributed by atoms with Crippen molar-refractivity contribution in [2.75, 3.05) is 13.1 Å². The van der Waals surface area contributed by atoms with E-state index in [2.05, 4.69) is 10.2 Å². The number of rotatable bonds is 2. The van der Waals surface area contributed by atoms with Gasteiger partial charge in [-0.1, -0.05) is 6.07 Å². The first-order chi connectivity index (χ1) is 9.24. The fraction of sp³-hybridized carbons (Fsp3) is 0.600. The van der Waals surface area contributed by atoms with Gasteiger partial charge < -0.3 is 5.32 Å². The second kappa shape index (κ2) is 4.25. The van der Waals surface area contributed by atoms with Crippen LogP contribution < -0.4 is 5.32 Å². The molecule has 3 saturated heterocycles. The molecule has 0 aromatic heterocycles. The van der Waals surface area contributed by atoms with Gasteiger partial charge in [-0.05, 0) is 55.5 Å². The van der Waals surface area contributed by atoms with E-state index in [0.29, 0.717) is 12.1 Å². The van der Waals surface area contributed by atoms with Crippen LogP contribution in [0.4, 0.5) is 8.78 Å². The normalized spacial score (nSPS) is 36.9. The van der Waals surface area contributed by atoms with Crippen molar-refractivity contribution in [3.8, 4) is 0 Å². The molecular formula is C15H18F2N2. The molecule has 19 heavy (non-hydrogen) atoms. The smallest absolute Gasteiger partial charge is 0.159 e. The Morgan fingerprint density at radius 2 is 1.74 bits per heavy atom. The fourth-order valence-electron chi connectivity index (χ4n) is 4.48. The quantitative estimate of drug-likeness (QED) is 0.880. The number of nitrogens with one attached hydrogen (secondary N) is 1. The van der Waals surface area contributed by atoms with Crippen LogP contribution >= 0.6 is 0 Å². The van der Waals surface area contributed by atoms with Crippen LogP contribution in [0.25, 0.3) is 0 Å². The Balaban J connectivity index is 1.56. The number of halogens is 2. The SMILES string of the molecule is Fc1ccc(CN2[C@@H]3CC[C@H]2[C@H]2CNC[C@H]23)cc1F. The highest BCUT2D eigenvalue weighted by Gasteiger charge is 2.54. The largest absolute Gasteiger partial charge is 0.316 e. The highest BCUT2D eigenvalue weighted by molar-refractivity contribution is 5.20. The van der Waals surface area contributed by atoms with Gasteiger partial charge >= 0.3 is 0 Å². The molecule has 4 atom stereocenters. The minimum absolute atomic E-state index is 0.637. The number of benzene rings is 1. The summed E-state index contributed by atoms with van der Waals surface area (Å²) in [6.45, 7) is 3.01. The zero-order valence-electron chi connectivity index (χ0n) is 10.8. The lowest BCUT2D eigenvalue weighted by atomic mass is 9.82. The van der Waals surface area contributed by atoms with Crippen molar-refractivity contribution >= 4 is 0 Å². The number of hydrogen-bond donors (Lipinski definition) is 1. The van der Waals surface area contributed by atoms with Gasteiger partial charge in [-0.2, -0.15) is 0 Å². The van der Waals surface area contributed by atoms with E-state index in [4.69, 9.17) is 0 Å². The lowest BCUT2D eigenvalue weighted by Crippen LogP contribution is -2.33. The second-order valence-electron chi connectivity index (χ2n) is 6.12. The summed E-state index contributed by atoms with van der Waals surface area (Å²) in [5.41, 5.74) is 0.892. The molecule has 0 spiro atoms. The summed E-state index contributed by atoms with van der Waals surface area (Å²) in [4.78, 5) is 2.53. The molecule has 4 heteroatoms. The maximum absolute atomic E-state index is 13.3. The third-order valence-corrected chi connectivity index (χ3v) is 5.26. The summed E-state index contributed by atoms with van der Waals surface area (Å²) in [6.07, 6.45) is 2.52. The Morgan fingerprint density at radius 1 is 1.05 bits per heavy atom. The van der Waals surface area contributed by atoms with Crippen LogP contribution in [-0.4, -0.2) is 30.1 Å². The average molecular weight is 264 g/mol. The molecule has 4 rings (SSSR count). The van der Waals surface area contributed by atoms with Gasteiger partial charge in [0.1, 0.15) is 0 Å². The van der Waals surface area contributed by atoms with Gasteiger partial charge in [0.05, 0.1) is 0 Å². The summed E-state index contributed by atoms with van der Waals surface area (Å²) in [6, 6.07) is 5.58. The van der Waals surface area contributed by atoms with Gasteiger partial charge in [-0.3, -0.25) is 4.90 Å². The first kappa shape index (κ1) is 11.8. The number of hydrogen-bond acceptors (Lipinski definition) is 2. The minimum Gasteiger partial charge on any atom is -0.316 e. The molecule has 0 radical (unpaired) electrons. The summed E-state index contributed by atoms with van der Waals surface area (Å²) >= 11 is 0. The van der Waals surface area contributed by atoms with Gasteiger partial charge in [0.25, 0.3) is 0 Å². The Hall–Kier alpha value is -1.00. The zero-order chi connectivity index (χ0) is 13.0. The van der Waals surface area contributed by atoms with E-state index in [9.17, 15) is 8.78 Å². The summed E-state index contributed by atoms with van der Waals surface area (Å²) in [7, 11) is 0. The summed E-state index contributed by atoms with van der Waals surface area (Å²) in [5, 5.41) is 3.49. The third-order valence-electron chi connectivity index (χ3n) is 5.26. The Morgan fingerprint density at radius 3 is 2.37 bits per heavy atom. The molecular weight excluding hydrogens is 246 g/mol. The van der Waals surface area contributed by atoms with E-state index in [0.717, 1.165) is 37.0 Å². The zero-order valence-corrected chi connectivity index (χ0v) is 10.8. The highest BCUT2D eigenvalue weighted by atomic mass is 19.2. The van der Waals surface area contributed by atoms with E-state index >= 15 is 0 Å². The molecule has 3 fully saturated rings. The summed E-state index contributed by atoms with van der Waals surface area (Å²) in [5.74, 6) is 0.0493. The maximum Gasteiger partial charge on any atom is 0.159 e. The molecule has 3 aliphatic rings. The predicted octanol–water partition coefficient (Wildman–Crippen LogP) is 2.15. The molecule has 1 aromatic rings. The first-order valence-corrected chi connectivity index (χ1v) is 7.14. The van der Waals surface area contributed by atoms with Crippen LogP contribution in [0, 0.1) is 23.5 Å². The standard InChI is InChI=1S/C15H18F2N2/c16-12-2-1-9(5-13(12)17)8-19-14-3-4-15(19)11-7-18-6-10(11)14/h1-2,5,10-11,14-15,18H,3-4,6-8H2/t10-,11+,14-,15+. The van der Waals surface area contributed by atoms with Gasteiger partial charge in [0.2, 0.25) is 0 Å². The fourth-order valence-corrected chi connectivity index (χ4v) is 4.48. The molecule has 0 unspecified atom stereocenters. The van der Waals surface area contributed by atoms with Gasteiger partial charge in [-0.15, -0.1) is 0 Å². The molecule has 0 aliphatic carbocycles. The maximum atomic E-state index is 13.3. The van der Waals surface area contributed by atoms with Crippen LogP contribution in [0.1, 0.15) is 18.4 Å². The van der Waals surface area contributed by atoms with E-state index in [-0.39, 0.29) is 0 Å². The van der Waals surface area contributed by atoms with E-state index in [1.165, 1.54) is 25.0 Å². The monoisotopic (exact) mass is 264 g/mol. The van der Waals surface area contributed by atoms with Gasteiger partial charge in [0, 0.05) is 18.6 Å². The van der Waals surface area contributed by atoms with E-state index < -0.39 is 11.6 Å². The Bertz CT molecular complexity index is 487. The van der Waals surface area contributed by atoms with Gasteiger partial charge in [-0.25, -0.2) is 8.78 Å². The van der Waals surface area contributed by atoms with Crippen molar-refractivity contribution in [1.29, 1.82) is 0 Å². The van der Waals surface area contributed by atoms with Crippen LogP contribution in [0.3, 0.4) is 0 Å². The van der Waals surface area contributed by atoms with Crippen molar-refractivity contribution in [3.05, 3.63) is 35.4 Å². The lowest BCUT2D eigenvalue weighted by Gasteiger charge is -2.24. The number of nitrogens with zero attached hydrogens (tertiary/aromatic N) is 1. The third kappa shape index (κ3) is 1.73. The molecule has 2 nitrogen and oxygen atoms in total. The highest BCUT2D eigenvalue weighted by Crippen LogP contribution is 2.47. The molecule has 0 saturated carbocycles. The van der Waals surface area contributed by atoms with Crippen molar-refractivity contribution < 1.29 is 8.78 Å². The van der Waals surface area contributed by atoms with Crippen LogP contribution in [0.15, 0.2) is 18.2 Å². The van der Waals surface area contributed by atoms with E-state index in [1.807, 2.05) is 0 Å². The molecule has 3 heterocycles. The molecule has 1 aromatic carbocycles. The Labute approximate surface area is 111 Å². The van der Waals surface area contributed by atoms with Crippen molar-refractivity contribution in [3.63, 3.8) is 0 Å². The molecule has 102 valence electrons. The molecule has 0 amide bonds. The summed E-state index contributed by atoms with van der Waals surface area (Å²) < 4.78 is 26.3. The number of fused-ring (bicyclic) bond motifs is 5. The first-order valence-electron chi connectivity index (χ1n) is 7.14. The van der Waals surface area contributed by atoms with Crippen LogP contribution in [0.2, 0.25) is 0 Å². The second-order valence-corrected chi connectivity index (χ2v) is 6.12. The molecule has 2 bridgehead atoms. The van der Waals surface area contributed by atoms with E-state index in [1.54, 1.807) is 6.07 Å². The topological polar surface area (TPSA) is 15.3 Å². The molecule has 3 aliphatic heterocycles. The van der Waals surface area contributed by atoms with Crippen molar-refractivity contribution in [2.45, 2.75) is 31.5 Å².